The maximum Gasteiger partial charge on any atom is 0.0738 e. The second-order valence-corrected chi connectivity index (χ2v) is 6.21. The largest absolute Gasteiger partial charge is 0.412 e. The van der Waals surface area contributed by atoms with E-state index in [-0.39, 0.29) is 0 Å². The number of pyridine rings is 1. The molecule has 2 N–H and O–H groups in total. The fourth-order valence-corrected chi connectivity index (χ4v) is 3.46. The van der Waals surface area contributed by atoms with E-state index < -0.39 is 0 Å². The molecule has 0 aliphatic carbocycles. The molecular formula is C18H20N4O. The normalized spacial score (nSPS) is 16.0. The Hall–Kier alpha value is -2.40. The zero-order valence-corrected chi connectivity index (χ0v) is 12.9. The van der Waals surface area contributed by atoms with E-state index in [1.807, 2.05) is 18.5 Å². The van der Waals surface area contributed by atoms with Crippen molar-refractivity contribution < 1.29 is 5.21 Å². The highest BCUT2D eigenvalue weighted by atomic mass is 16.5. The van der Waals surface area contributed by atoms with E-state index in [2.05, 4.69) is 33.6 Å². The number of benzene rings is 1. The number of nitrogens with zero attached hydrogens (tertiary/aromatic N) is 3. The molecule has 4 rings (SSSR count). The van der Waals surface area contributed by atoms with Crippen LogP contribution in [0.25, 0.3) is 10.8 Å². The van der Waals surface area contributed by atoms with Gasteiger partial charge < -0.3 is 10.5 Å². The summed E-state index contributed by atoms with van der Waals surface area (Å²) >= 11 is 0. The highest BCUT2D eigenvalue weighted by molar-refractivity contribution is 5.82. The van der Waals surface area contributed by atoms with Crippen molar-refractivity contribution in [2.24, 2.45) is 0 Å². The van der Waals surface area contributed by atoms with Crippen LogP contribution >= 0.6 is 0 Å². The van der Waals surface area contributed by atoms with Crippen molar-refractivity contribution in [3.05, 3.63) is 59.7 Å². The Labute approximate surface area is 134 Å². The standard InChI is InChI=1S/C18H20N4O/c23-22-12-17(15-4-6-19-7-5-15)18(21-22)10-13-1-2-14-3-8-20-11-16(14)9-13/h1-3,8-9,11-12,15,19,23H,4-7,10H2. The quantitative estimate of drug-likeness (QED) is 0.730. The molecule has 1 aliphatic rings. The first kappa shape index (κ1) is 14.2. The summed E-state index contributed by atoms with van der Waals surface area (Å²) in [6, 6.07) is 8.42. The van der Waals surface area contributed by atoms with E-state index >= 15 is 0 Å². The van der Waals surface area contributed by atoms with Crippen molar-refractivity contribution in [1.82, 2.24) is 20.2 Å². The molecule has 1 saturated heterocycles. The summed E-state index contributed by atoms with van der Waals surface area (Å²) in [5.74, 6) is 0.481. The summed E-state index contributed by atoms with van der Waals surface area (Å²) in [7, 11) is 0. The van der Waals surface area contributed by atoms with Gasteiger partial charge in [-0.25, -0.2) is 0 Å². The molecule has 2 aromatic heterocycles. The molecule has 0 atom stereocenters. The number of fused-ring (bicyclic) bond motifs is 1. The molecule has 5 nitrogen and oxygen atoms in total. The lowest BCUT2D eigenvalue weighted by Gasteiger charge is -2.22. The number of piperidine rings is 1. The first-order valence-corrected chi connectivity index (χ1v) is 8.10. The van der Waals surface area contributed by atoms with Gasteiger partial charge >= 0.3 is 0 Å². The van der Waals surface area contributed by atoms with Gasteiger partial charge in [0.05, 0.1) is 11.9 Å². The number of rotatable bonds is 3. The second-order valence-electron chi connectivity index (χ2n) is 6.21. The van der Waals surface area contributed by atoms with E-state index in [9.17, 15) is 5.21 Å². The SMILES string of the molecule is On1cc(C2CCNCC2)c(Cc2ccc3ccncc3c2)n1. The molecule has 0 spiro atoms. The topological polar surface area (TPSA) is 63.0 Å². The zero-order chi connectivity index (χ0) is 15.6. The van der Waals surface area contributed by atoms with E-state index in [1.165, 1.54) is 16.5 Å². The highest BCUT2D eigenvalue weighted by Crippen LogP contribution is 2.29. The smallest absolute Gasteiger partial charge is 0.0738 e. The summed E-state index contributed by atoms with van der Waals surface area (Å²) in [5.41, 5.74) is 3.35. The molecule has 0 radical (unpaired) electrons. The van der Waals surface area contributed by atoms with Crippen molar-refractivity contribution in [1.29, 1.82) is 0 Å². The summed E-state index contributed by atoms with van der Waals surface area (Å²) in [6.07, 6.45) is 8.40. The number of aromatic nitrogens is 3. The monoisotopic (exact) mass is 308 g/mol. The number of hydrogen-bond donors (Lipinski definition) is 2. The van der Waals surface area contributed by atoms with Crippen molar-refractivity contribution in [3.63, 3.8) is 0 Å². The summed E-state index contributed by atoms with van der Waals surface area (Å²) in [4.78, 5) is 5.16. The van der Waals surface area contributed by atoms with Crippen LogP contribution in [0.3, 0.4) is 0 Å². The van der Waals surface area contributed by atoms with E-state index in [1.54, 1.807) is 6.20 Å². The van der Waals surface area contributed by atoms with Crippen molar-refractivity contribution in [3.8, 4) is 0 Å². The van der Waals surface area contributed by atoms with Crippen LogP contribution in [0.5, 0.6) is 0 Å². The van der Waals surface area contributed by atoms with Gasteiger partial charge in [0.2, 0.25) is 0 Å². The van der Waals surface area contributed by atoms with Crippen LogP contribution in [0.15, 0.2) is 42.9 Å². The van der Waals surface area contributed by atoms with Crippen LogP contribution < -0.4 is 5.32 Å². The Morgan fingerprint density at radius 1 is 1.17 bits per heavy atom. The molecule has 3 heterocycles. The minimum absolute atomic E-state index is 0.481. The number of hydrogen-bond acceptors (Lipinski definition) is 4. The lowest BCUT2D eigenvalue weighted by Crippen LogP contribution is -2.26. The second kappa shape index (κ2) is 6.01. The van der Waals surface area contributed by atoms with Crippen LogP contribution in [0.2, 0.25) is 0 Å². The summed E-state index contributed by atoms with van der Waals surface area (Å²) in [5, 5.41) is 19.8. The van der Waals surface area contributed by atoms with Gasteiger partial charge in [-0.2, -0.15) is 0 Å². The van der Waals surface area contributed by atoms with Crippen LogP contribution in [0.4, 0.5) is 0 Å². The maximum absolute atomic E-state index is 9.79. The lowest BCUT2D eigenvalue weighted by atomic mass is 9.89. The summed E-state index contributed by atoms with van der Waals surface area (Å²) < 4.78 is 0. The van der Waals surface area contributed by atoms with Crippen molar-refractivity contribution in [2.75, 3.05) is 13.1 Å². The molecule has 1 aromatic carbocycles. The lowest BCUT2D eigenvalue weighted by molar-refractivity contribution is 0.147. The van der Waals surface area contributed by atoms with Crippen molar-refractivity contribution in [2.45, 2.75) is 25.2 Å². The Morgan fingerprint density at radius 3 is 2.91 bits per heavy atom. The molecule has 118 valence electrons. The Kier molecular flexibility index (Phi) is 3.71. The molecule has 23 heavy (non-hydrogen) atoms. The van der Waals surface area contributed by atoms with Gasteiger partial charge in [0.1, 0.15) is 0 Å². The molecular weight excluding hydrogens is 288 g/mol. The van der Waals surface area contributed by atoms with E-state index in [0.29, 0.717) is 5.92 Å². The first-order chi connectivity index (χ1) is 11.3. The van der Waals surface area contributed by atoms with Crippen LogP contribution in [-0.2, 0) is 6.42 Å². The van der Waals surface area contributed by atoms with Gasteiger partial charge in [-0.05, 0) is 54.9 Å². The van der Waals surface area contributed by atoms with Gasteiger partial charge in [0.25, 0.3) is 0 Å². The van der Waals surface area contributed by atoms with Gasteiger partial charge in [0, 0.05) is 29.8 Å². The average molecular weight is 308 g/mol. The highest BCUT2D eigenvalue weighted by Gasteiger charge is 2.21. The van der Waals surface area contributed by atoms with E-state index in [4.69, 9.17) is 0 Å². The van der Waals surface area contributed by atoms with Crippen LogP contribution in [0, 0.1) is 0 Å². The Balaban J connectivity index is 1.64. The summed E-state index contributed by atoms with van der Waals surface area (Å²) in [6.45, 7) is 2.06. The third-order valence-corrected chi connectivity index (χ3v) is 4.67. The molecule has 0 amide bonds. The van der Waals surface area contributed by atoms with Crippen LogP contribution in [0.1, 0.15) is 35.6 Å². The van der Waals surface area contributed by atoms with Gasteiger partial charge in [-0.3, -0.25) is 4.98 Å². The first-order valence-electron chi connectivity index (χ1n) is 8.10. The molecule has 3 aromatic rings. The molecule has 1 fully saturated rings. The minimum atomic E-state index is 0.481. The molecule has 0 saturated carbocycles. The predicted octanol–water partition coefficient (Wildman–Crippen LogP) is 2.73. The predicted molar refractivity (Wildman–Crippen MR) is 88.8 cm³/mol. The van der Waals surface area contributed by atoms with Crippen molar-refractivity contribution >= 4 is 10.8 Å². The van der Waals surface area contributed by atoms with Gasteiger partial charge in [0.15, 0.2) is 0 Å². The molecule has 5 heteroatoms. The third-order valence-electron chi connectivity index (χ3n) is 4.67. The molecule has 1 aliphatic heterocycles. The molecule has 0 bridgehead atoms. The third kappa shape index (κ3) is 2.92. The van der Waals surface area contributed by atoms with Crippen LogP contribution in [-0.4, -0.2) is 33.2 Å². The average Bonchev–Trinajstić information content (AvgIpc) is 2.96. The Bertz CT molecular complexity index is 821. The maximum atomic E-state index is 9.79. The minimum Gasteiger partial charge on any atom is -0.412 e. The fraction of sp³-hybridized carbons (Fsp3) is 0.333. The van der Waals surface area contributed by atoms with Gasteiger partial charge in [-0.15, -0.1) is 9.94 Å². The number of nitrogens with one attached hydrogen (secondary N) is 1. The molecule has 0 unspecified atom stereocenters. The Morgan fingerprint density at radius 2 is 2.04 bits per heavy atom. The van der Waals surface area contributed by atoms with Gasteiger partial charge in [-0.1, -0.05) is 12.1 Å². The fourth-order valence-electron chi connectivity index (χ4n) is 3.46. The van der Waals surface area contributed by atoms with E-state index in [0.717, 1.165) is 48.3 Å². The zero-order valence-electron chi connectivity index (χ0n) is 12.9.